The molecule has 0 radical (unpaired) electrons. The van der Waals surface area contributed by atoms with Crippen LogP contribution in [0.3, 0.4) is 0 Å². The van der Waals surface area contributed by atoms with Gasteiger partial charge in [-0.1, -0.05) is 129 Å². The Morgan fingerprint density at radius 3 is 1.91 bits per heavy atom. The zero-order valence-electron chi connectivity index (χ0n) is 28.9. The molecule has 46 heavy (non-hydrogen) atoms. The molecule has 0 amide bonds. The monoisotopic (exact) mass is 627 g/mol. The summed E-state index contributed by atoms with van der Waals surface area (Å²) in [4.78, 5) is 7.78. The van der Waals surface area contributed by atoms with Crippen LogP contribution in [-0.4, -0.2) is 4.98 Å². The summed E-state index contributed by atoms with van der Waals surface area (Å²) in [6.07, 6.45) is 0. The van der Waals surface area contributed by atoms with E-state index >= 15 is 0 Å². The second kappa shape index (κ2) is 12.7. The number of fused-ring (bicyclic) bond motifs is 2. The van der Waals surface area contributed by atoms with Crippen LogP contribution in [0.4, 0.5) is 22.9 Å². The first-order valence-corrected chi connectivity index (χ1v) is 17.8. The Bertz CT molecular complexity index is 1760. The summed E-state index contributed by atoms with van der Waals surface area (Å²) in [7, 11) is 0. The average Bonchev–Trinajstić information content (AvgIpc) is 3.52. The topological polar surface area (TPSA) is 28.2 Å². The maximum Gasteiger partial charge on any atom is 0.149 e. The van der Waals surface area contributed by atoms with Crippen molar-refractivity contribution in [1.82, 2.24) is 4.98 Å². The quantitative estimate of drug-likeness (QED) is 0.195. The molecule has 0 aliphatic carbocycles. The van der Waals surface area contributed by atoms with Crippen LogP contribution in [0.2, 0.25) is 0 Å². The predicted octanol–water partition coefficient (Wildman–Crippen LogP) is 12.6. The number of para-hydroxylation sites is 3. The molecule has 0 spiro atoms. The van der Waals surface area contributed by atoms with Crippen molar-refractivity contribution in [2.24, 2.45) is 0 Å². The Kier molecular flexibility index (Phi) is 8.87. The lowest BCUT2D eigenvalue weighted by Gasteiger charge is -2.42. The molecule has 4 heteroatoms. The van der Waals surface area contributed by atoms with Crippen LogP contribution in [0, 0.1) is 0 Å². The van der Waals surface area contributed by atoms with E-state index in [1.54, 1.807) is 11.3 Å². The van der Waals surface area contributed by atoms with Gasteiger partial charge in [0.1, 0.15) is 16.9 Å². The van der Waals surface area contributed by atoms with Gasteiger partial charge in [-0.3, -0.25) is 4.90 Å². The van der Waals surface area contributed by atoms with E-state index < -0.39 is 0 Å². The molecule has 6 rings (SSSR count). The van der Waals surface area contributed by atoms with Crippen molar-refractivity contribution in [1.29, 1.82) is 0 Å². The Balaban J connectivity index is 1.62. The van der Waals surface area contributed by atoms with Crippen LogP contribution < -0.4 is 10.2 Å². The Morgan fingerprint density at radius 1 is 0.739 bits per heavy atom. The van der Waals surface area contributed by atoms with E-state index in [9.17, 15) is 0 Å². The predicted molar refractivity (Wildman–Crippen MR) is 199 cm³/mol. The van der Waals surface area contributed by atoms with Gasteiger partial charge < -0.3 is 5.32 Å². The van der Waals surface area contributed by atoms with E-state index in [1.807, 2.05) is 0 Å². The second-order valence-electron chi connectivity index (χ2n) is 14.4. The molecular formula is C42H49N3S. The van der Waals surface area contributed by atoms with Crippen LogP contribution in [0.15, 0.2) is 96.4 Å². The molecule has 0 saturated carbocycles. The number of aromatic nitrogens is 1. The van der Waals surface area contributed by atoms with Gasteiger partial charge in [-0.15, -0.1) is 11.3 Å². The van der Waals surface area contributed by atoms with Crippen LogP contribution >= 0.6 is 11.3 Å². The van der Waals surface area contributed by atoms with Crippen molar-refractivity contribution in [2.75, 3.05) is 10.2 Å². The van der Waals surface area contributed by atoms with Gasteiger partial charge in [-0.05, 0) is 86.7 Å². The second-order valence-corrected chi connectivity index (χ2v) is 15.3. The van der Waals surface area contributed by atoms with Gasteiger partial charge in [0, 0.05) is 22.4 Å². The lowest BCUT2D eigenvalue weighted by molar-refractivity contribution is 0.429. The molecule has 2 unspecified atom stereocenters. The smallest absolute Gasteiger partial charge is 0.149 e. The van der Waals surface area contributed by atoms with E-state index in [1.165, 1.54) is 39.1 Å². The van der Waals surface area contributed by atoms with Crippen molar-refractivity contribution in [3.05, 3.63) is 135 Å². The largest absolute Gasteiger partial charge is 0.372 e. The molecule has 1 aliphatic heterocycles. The summed E-state index contributed by atoms with van der Waals surface area (Å²) in [6.45, 7) is 21.3. The zero-order valence-corrected chi connectivity index (χ0v) is 29.7. The molecule has 5 aromatic rings. The van der Waals surface area contributed by atoms with Crippen LogP contribution in [0.1, 0.15) is 130 Å². The number of nitrogens with one attached hydrogen (secondary N) is 1. The molecule has 2 atom stereocenters. The molecule has 1 aromatic heterocycles. The Hall–Kier alpha value is -3.89. The highest BCUT2D eigenvalue weighted by Crippen LogP contribution is 2.52. The first kappa shape index (κ1) is 32.1. The maximum absolute atomic E-state index is 5.51. The van der Waals surface area contributed by atoms with Gasteiger partial charge in [0.25, 0.3) is 0 Å². The van der Waals surface area contributed by atoms with Gasteiger partial charge in [-0.2, -0.15) is 0 Å². The summed E-state index contributed by atoms with van der Waals surface area (Å²) in [5, 5.41) is 7.52. The zero-order chi connectivity index (χ0) is 32.7. The summed E-state index contributed by atoms with van der Waals surface area (Å²) in [5.74, 6) is 2.45. The summed E-state index contributed by atoms with van der Waals surface area (Å²) >= 11 is 1.76. The molecule has 1 N–H and O–H groups in total. The van der Waals surface area contributed by atoms with Gasteiger partial charge in [0.15, 0.2) is 0 Å². The van der Waals surface area contributed by atoms with Crippen molar-refractivity contribution in [3.63, 3.8) is 0 Å². The minimum Gasteiger partial charge on any atom is -0.372 e. The Labute approximate surface area is 280 Å². The van der Waals surface area contributed by atoms with Crippen LogP contribution in [-0.2, 0) is 5.41 Å². The number of hydrogen-bond donors (Lipinski definition) is 1. The van der Waals surface area contributed by atoms with Crippen molar-refractivity contribution in [2.45, 2.75) is 97.4 Å². The van der Waals surface area contributed by atoms with E-state index in [4.69, 9.17) is 4.98 Å². The third kappa shape index (κ3) is 5.77. The van der Waals surface area contributed by atoms with Crippen LogP contribution in [0.25, 0.3) is 0 Å². The number of hydrogen-bond acceptors (Lipinski definition) is 4. The maximum atomic E-state index is 5.51. The number of nitrogens with zero attached hydrogens (tertiary/aromatic N) is 2. The third-order valence-corrected chi connectivity index (χ3v) is 11.0. The first-order chi connectivity index (χ1) is 22.0. The molecule has 238 valence electrons. The van der Waals surface area contributed by atoms with E-state index in [2.05, 4.69) is 169 Å². The van der Waals surface area contributed by atoms with Crippen molar-refractivity contribution < 1.29 is 0 Å². The summed E-state index contributed by atoms with van der Waals surface area (Å²) in [6, 6.07) is 33.0. The molecule has 0 fully saturated rings. The number of rotatable bonds is 7. The fourth-order valence-electron chi connectivity index (χ4n) is 7.08. The highest BCUT2D eigenvalue weighted by Gasteiger charge is 2.40. The fraction of sp³-hybridized carbons (Fsp3) is 0.357. The fourth-order valence-corrected chi connectivity index (χ4v) is 7.92. The molecule has 4 aromatic carbocycles. The molecule has 1 aliphatic rings. The van der Waals surface area contributed by atoms with Gasteiger partial charge >= 0.3 is 0 Å². The minimum atomic E-state index is -0.0852. The van der Waals surface area contributed by atoms with E-state index in [-0.39, 0.29) is 11.5 Å². The summed E-state index contributed by atoms with van der Waals surface area (Å²) in [5.41, 5.74) is 11.8. The van der Waals surface area contributed by atoms with E-state index in [0.29, 0.717) is 23.7 Å². The SMILES string of the molecule is CC(C)c1cc(C(C)C)c2c(c1)C(C)C(C)(C)c1cccc(C(C)C)c1NC2c1nc(N(c2ccccc2)c2ccccc2)cs1. The molecule has 2 heterocycles. The number of benzene rings is 4. The Morgan fingerprint density at radius 2 is 1.35 bits per heavy atom. The lowest BCUT2D eigenvalue weighted by Crippen LogP contribution is -2.33. The van der Waals surface area contributed by atoms with Crippen LogP contribution in [0.5, 0.6) is 0 Å². The standard InChI is InChI=1S/C42H49N3S/c1-26(2)30-23-34(28(5)6)38-35(24-30)29(7)42(8,9)36-22-16-21-33(27(3)4)39(36)44-40(38)41-43-37(25-46-41)45(31-17-12-10-13-18-31)32-19-14-11-15-20-32/h10-29,40,44H,1-9H3. The molecule has 3 nitrogen and oxygen atoms in total. The normalized spacial score (nSPS) is 17.3. The van der Waals surface area contributed by atoms with Crippen molar-refractivity contribution in [3.8, 4) is 0 Å². The summed E-state index contributed by atoms with van der Waals surface area (Å²) < 4.78 is 0. The van der Waals surface area contributed by atoms with Gasteiger partial charge in [0.2, 0.25) is 0 Å². The molecule has 0 bridgehead atoms. The highest BCUT2D eigenvalue weighted by molar-refractivity contribution is 7.10. The third-order valence-electron chi connectivity index (χ3n) is 10.1. The molecular weight excluding hydrogens is 579 g/mol. The lowest BCUT2D eigenvalue weighted by atomic mass is 9.66. The highest BCUT2D eigenvalue weighted by atomic mass is 32.1. The number of anilines is 4. The number of thiazole rings is 1. The minimum absolute atomic E-state index is 0.0811. The average molecular weight is 628 g/mol. The molecule has 0 saturated heterocycles. The van der Waals surface area contributed by atoms with E-state index in [0.717, 1.165) is 22.2 Å². The van der Waals surface area contributed by atoms with Gasteiger partial charge in [0.05, 0.1) is 0 Å². The first-order valence-electron chi connectivity index (χ1n) is 16.9. The van der Waals surface area contributed by atoms with Gasteiger partial charge in [-0.25, -0.2) is 4.98 Å². The van der Waals surface area contributed by atoms with Crippen molar-refractivity contribution >= 4 is 34.2 Å².